The van der Waals surface area contributed by atoms with Crippen LogP contribution in [0.5, 0.6) is 5.75 Å². The molecule has 2 aromatic carbocycles. The van der Waals surface area contributed by atoms with E-state index in [-0.39, 0.29) is 20.3 Å². The van der Waals surface area contributed by atoms with E-state index in [2.05, 4.69) is 0 Å². The second-order valence-electron chi connectivity index (χ2n) is 3.32. The highest BCUT2D eigenvalue weighted by Gasteiger charge is 2.18. The van der Waals surface area contributed by atoms with Gasteiger partial charge in [0.2, 0.25) is 0 Å². The van der Waals surface area contributed by atoms with Gasteiger partial charge in [-0.2, -0.15) is 0 Å². The third-order valence-corrected chi connectivity index (χ3v) is 4.40. The van der Waals surface area contributed by atoms with E-state index in [1.54, 1.807) is 0 Å². The molecule has 0 atom stereocenters. The van der Waals surface area contributed by atoms with E-state index in [1.165, 1.54) is 30.3 Å². The van der Waals surface area contributed by atoms with Gasteiger partial charge in [0, 0.05) is 10.8 Å². The lowest BCUT2D eigenvalue weighted by Crippen LogP contribution is -2.00. The Morgan fingerprint density at radius 3 is 2.35 bits per heavy atom. The second kappa shape index (κ2) is 4.28. The molecular weight excluding hydrogens is 339 g/mol. The average molecular weight is 346 g/mol. The molecule has 88 valence electrons. The molecular formula is C11H7IO5. The van der Waals surface area contributed by atoms with Crippen molar-refractivity contribution >= 4 is 36.5 Å². The van der Waals surface area contributed by atoms with Crippen molar-refractivity contribution in [3.8, 4) is 5.75 Å². The molecule has 0 bridgehead atoms. The standard InChI is InChI=1S/C11H7IO5/c13-9-3-1-2-7-6(9)4-5-8(11(14)15)10(7)12(16)17/h1-5,13H,(H,14,15). The Labute approximate surface area is 103 Å². The number of carboxylic acids is 1. The fourth-order valence-electron chi connectivity index (χ4n) is 1.64. The zero-order valence-corrected chi connectivity index (χ0v) is 10.5. The van der Waals surface area contributed by atoms with Crippen molar-refractivity contribution in [3.63, 3.8) is 0 Å². The van der Waals surface area contributed by atoms with Crippen LogP contribution in [0.1, 0.15) is 10.4 Å². The van der Waals surface area contributed by atoms with Crippen LogP contribution in [-0.4, -0.2) is 16.2 Å². The van der Waals surface area contributed by atoms with Gasteiger partial charge in [0.25, 0.3) is 0 Å². The van der Waals surface area contributed by atoms with Gasteiger partial charge in [-0.3, -0.25) is 0 Å². The maximum Gasteiger partial charge on any atom is 0.342 e. The topological polar surface area (TPSA) is 91.7 Å². The summed E-state index contributed by atoms with van der Waals surface area (Å²) in [6.45, 7) is 0. The molecule has 2 N–H and O–H groups in total. The summed E-state index contributed by atoms with van der Waals surface area (Å²) in [6, 6.07) is 6.97. The number of carbonyl (C=O) groups is 1. The van der Waals surface area contributed by atoms with E-state index < -0.39 is 25.8 Å². The highest BCUT2D eigenvalue weighted by molar-refractivity contribution is 14.2. The molecule has 2 aromatic rings. The predicted octanol–water partition coefficient (Wildman–Crippen LogP) is 2.61. The van der Waals surface area contributed by atoms with Crippen molar-refractivity contribution in [2.75, 3.05) is 0 Å². The number of carboxylic acid groups (broad SMARTS) is 1. The van der Waals surface area contributed by atoms with Crippen LogP contribution < -0.4 is 0 Å². The van der Waals surface area contributed by atoms with Gasteiger partial charge in [-0.25, -0.2) is 10.9 Å². The van der Waals surface area contributed by atoms with Crippen LogP contribution in [0.25, 0.3) is 10.8 Å². The SMILES string of the molecule is O=C(O)c1ccc2c(O)cccc2c1I(=O)=O. The van der Waals surface area contributed by atoms with E-state index in [4.69, 9.17) is 5.11 Å². The lowest BCUT2D eigenvalue weighted by Gasteiger charge is -2.05. The van der Waals surface area contributed by atoms with E-state index in [0.29, 0.717) is 5.39 Å². The van der Waals surface area contributed by atoms with Crippen molar-refractivity contribution in [2.45, 2.75) is 0 Å². The van der Waals surface area contributed by atoms with Gasteiger partial charge in [0.1, 0.15) is 5.75 Å². The summed E-state index contributed by atoms with van der Waals surface area (Å²) < 4.78 is 22.3. The molecule has 0 aliphatic rings. The quantitative estimate of drug-likeness (QED) is 0.816. The van der Waals surface area contributed by atoms with Gasteiger partial charge < -0.3 is 10.2 Å². The average Bonchev–Trinajstić information content (AvgIpc) is 2.27. The number of fused-ring (bicyclic) bond motifs is 1. The van der Waals surface area contributed by atoms with Gasteiger partial charge >= 0.3 is 25.8 Å². The Hall–Kier alpha value is -1.70. The minimum absolute atomic E-state index is 0.0709. The summed E-state index contributed by atoms with van der Waals surface area (Å²) in [7, 11) is 0. The first-order valence-corrected chi connectivity index (χ1v) is 7.39. The van der Waals surface area contributed by atoms with E-state index >= 15 is 0 Å². The molecule has 17 heavy (non-hydrogen) atoms. The number of phenolic OH excluding ortho intramolecular Hbond substituents is 1. The first-order chi connectivity index (χ1) is 8.02. The molecule has 0 saturated carbocycles. The molecule has 0 spiro atoms. The second-order valence-corrected chi connectivity index (χ2v) is 5.64. The highest BCUT2D eigenvalue weighted by atomic mass is 127. The zero-order chi connectivity index (χ0) is 12.6. The minimum atomic E-state index is -3.96. The Balaban J connectivity index is 3.00. The Morgan fingerprint density at radius 1 is 1.06 bits per heavy atom. The Morgan fingerprint density at radius 2 is 1.76 bits per heavy atom. The number of aromatic hydroxyl groups is 1. The van der Waals surface area contributed by atoms with Gasteiger partial charge in [-0.1, -0.05) is 12.1 Å². The van der Waals surface area contributed by atoms with Crippen LogP contribution in [0.15, 0.2) is 30.3 Å². The van der Waals surface area contributed by atoms with E-state index in [0.717, 1.165) is 0 Å². The monoisotopic (exact) mass is 346 g/mol. The highest BCUT2D eigenvalue weighted by Crippen LogP contribution is 2.34. The lowest BCUT2D eigenvalue weighted by molar-refractivity contribution is 0.0696. The smallest absolute Gasteiger partial charge is 0.342 e. The van der Waals surface area contributed by atoms with Crippen molar-refractivity contribution in [1.82, 2.24) is 0 Å². The summed E-state index contributed by atoms with van der Waals surface area (Å²) in [5.41, 5.74) is -0.252. The summed E-state index contributed by atoms with van der Waals surface area (Å²) in [5.74, 6) is -1.36. The summed E-state index contributed by atoms with van der Waals surface area (Å²) in [5, 5.41) is 19.1. The van der Waals surface area contributed by atoms with Gasteiger partial charge in [-0.05, 0) is 18.2 Å². The number of aromatic carboxylic acids is 1. The number of hydrogen-bond donors (Lipinski definition) is 2. The Kier molecular flexibility index (Phi) is 2.97. The van der Waals surface area contributed by atoms with E-state index in [1.807, 2.05) is 0 Å². The Bertz CT molecular complexity index is 680. The normalized spacial score (nSPS) is 10.9. The number of rotatable bonds is 2. The predicted molar refractivity (Wildman–Crippen MR) is 66.7 cm³/mol. The molecule has 6 heteroatoms. The van der Waals surface area contributed by atoms with Crippen molar-refractivity contribution in [1.29, 1.82) is 0 Å². The third-order valence-electron chi connectivity index (χ3n) is 2.36. The van der Waals surface area contributed by atoms with Gasteiger partial charge in [0.05, 0.1) is 9.13 Å². The van der Waals surface area contributed by atoms with Crippen LogP contribution in [0.2, 0.25) is 0 Å². The number of benzene rings is 2. The molecule has 0 fully saturated rings. The number of halogens is 1. The van der Waals surface area contributed by atoms with Crippen LogP contribution in [-0.2, 0) is 6.14 Å². The molecule has 0 amide bonds. The molecule has 0 heterocycles. The zero-order valence-electron chi connectivity index (χ0n) is 8.38. The largest absolute Gasteiger partial charge is 0.507 e. The van der Waals surface area contributed by atoms with Crippen LogP contribution in [0.4, 0.5) is 0 Å². The van der Waals surface area contributed by atoms with Gasteiger partial charge in [-0.15, -0.1) is 0 Å². The molecule has 5 nitrogen and oxygen atoms in total. The van der Waals surface area contributed by atoms with Crippen LogP contribution in [0, 0.1) is 3.57 Å². The summed E-state index contributed by atoms with van der Waals surface area (Å²) in [6.07, 6.45) is 0. The third kappa shape index (κ3) is 1.95. The van der Waals surface area contributed by atoms with Crippen LogP contribution in [0.3, 0.4) is 0 Å². The lowest BCUT2D eigenvalue weighted by atomic mass is 10.1. The first-order valence-electron chi connectivity index (χ1n) is 4.55. The number of hydrogen-bond acceptors (Lipinski definition) is 4. The first kappa shape index (κ1) is 11.8. The molecule has 2 rings (SSSR count). The molecule has 0 aliphatic heterocycles. The van der Waals surface area contributed by atoms with Crippen molar-refractivity contribution in [2.24, 2.45) is 0 Å². The minimum Gasteiger partial charge on any atom is -0.507 e. The number of phenols is 1. The van der Waals surface area contributed by atoms with Gasteiger partial charge in [0.15, 0.2) is 0 Å². The van der Waals surface area contributed by atoms with Crippen molar-refractivity contribution < 1.29 is 21.1 Å². The molecule has 0 unspecified atom stereocenters. The maximum atomic E-state index is 11.2. The van der Waals surface area contributed by atoms with Crippen molar-refractivity contribution in [3.05, 3.63) is 39.5 Å². The fraction of sp³-hybridized carbons (Fsp3) is 0. The molecule has 0 radical (unpaired) electrons. The fourth-order valence-corrected chi connectivity index (χ4v) is 3.47. The molecule has 0 aromatic heterocycles. The van der Waals surface area contributed by atoms with E-state index in [9.17, 15) is 16.0 Å². The molecule has 0 aliphatic carbocycles. The van der Waals surface area contributed by atoms with Crippen LogP contribution >= 0.6 is 19.8 Å². The summed E-state index contributed by atoms with van der Waals surface area (Å²) >= 11 is -3.96. The maximum absolute atomic E-state index is 11.2. The molecule has 0 saturated heterocycles. The summed E-state index contributed by atoms with van der Waals surface area (Å²) in [4.78, 5) is 10.9.